The highest BCUT2D eigenvalue weighted by Gasteiger charge is 2.37. The van der Waals surface area contributed by atoms with E-state index in [1.165, 1.54) is 17.6 Å². The van der Waals surface area contributed by atoms with Crippen molar-refractivity contribution < 1.29 is 13.2 Å². The standard InChI is InChI=1S/C13H21NO3S2/c1-5-13(6-2,19(4,16)17)9-14-12(15)11-10(3)7-8-18-11/h7-8H,5-6,9H2,1-4H3,(H,14,15). The molecule has 1 aromatic rings. The van der Waals surface area contributed by atoms with Crippen molar-refractivity contribution in [3.05, 3.63) is 21.9 Å². The fourth-order valence-electron chi connectivity index (χ4n) is 2.08. The van der Waals surface area contributed by atoms with Crippen LogP contribution in [-0.2, 0) is 9.84 Å². The Balaban J connectivity index is 2.85. The van der Waals surface area contributed by atoms with Crippen molar-refractivity contribution in [1.29, 1.82) is 0 Å². The zero-order valence-corrected chi connectivity index (χ0v) is 13.5. The van der Waals surface area contributed by atoms with E-state index >= 15 is 0 Å². The SMILES string of the molecule is CCC(CC)(CNC(=O)c1sccc1C)S(C)(=O)=O. The molecule has 6 heteroatoms. The molecule has 0 bridgehead atoms. The number of nitrogens with one attached hydrogen (secondary N) is 1. The van der Waals surface area contributed by atoms with Gasteiger partial charge in [-0.2, -0.15) is 0 Å². The van der Waals surface area contributed by atoms with Crippen LogP contribution in [0.1, 0.15) is 41.9 Å². The summed E-state index contributed by atoms with van der Waals surface area (Å²) in [7, 11) is -3.21. The van der Waals surface area contributed by atoms with Gasteiger partial charge in [0.15, 0.2) is 9.84 Å². The van der Waals surface area contributed by atoms with Gasteiger partial charge in [0.2, 0.25) is 0 Å². The minimum Gasteiger partial charge on any atom is -0.350 e. The highest BCUT2D eigenvalue weighted by molar-refractivity contribution is 7.92. The summed E-state index contributed by atoms with van der Waals surface area (Å²) in [4.78, 5) is 12.7. The number of thiophene rings is 1. The number of carbonyl (C=O) groups is 1. The lowest BCUT2D eigenvalue weighted by molar-refractivity contribution is 0.0952. The van der Waals surface area contributed by atoms with Crippen molar-refractivity contribution in [2.24, 2.45) is 0 Å². The van der Waals surface area contributed by atoms with Crippen LogP contribution >= 0.6 is 11.3 Å². The second kappa shape index (κ2) is 6.05. The molecule has 4 nitrogen and oxygen atoms in total. The van der Waals surface area contributed by atoms with E-state index in [1.54, 1.807) is 0 Å². The van der Waals surface area contributed by atoms with E-state index in [9.17, 15) is 13.2 Å². The van der Waals surface area contributed by atoms with Crippen LogP contribution in [0, 0.1) is 6.92 Å². The smallest absolute Gasteiger partial charge is 0.261 e. The minimum atomic E-state index is -3.21. The lowest BCUT2D eigenvalue weighted by Crippen LogP contribution is -2.47. The molecule has 1 N–H and O–H groups in total. The van der Waals surface area contributed by atoms with E-state index in [4.69, 9.17) is 0 Å². The van der Waals surface area contributed by atoms with Crippen LogP contribution in [0.15, 0.2) is 11.4 Å². The van der Waals surface area contributed by atoms with Gasteiger partial charge in [-0.05, 0) is 36.8 Å². The van der Waals surface area contributed by atoms with E-state index < -0.39 is 14.6 Å². The first-order valence-corrected chi connectivity index (χ1v) is 9.06. The highest BCUT2D eigenvalue weighted by Crippen LogP contribution is 2.25. The Kier molecular flexibility index (Phi) is 5.15. The summed E-state index contributed by atoms with van der Waals surface area (Å²) in [6.45, 7) is 5.71. The molecule has 1 rings (SSSR count). The molecule has 0 saturated carbocycles. The molecule has 0 aromatic carbocycles. The van der Waals surface area contributed by atoms with Gasteiger partial charge in [0.1, 0.15) is 0 Å². The predicted octanol–water partition coefficient (Wildman–Crippen LogP) is 2.39. The Morgan fingerprint density at radius 2 is 1.95 bits per heavy atom. The second-order valence-electron chi connectivity index (χ2n) is 4.78. The molecule has 19 heavy (non-hydrogen) atoms. The first kappa shape index (κ1) is 16.2. The highest BCUT2D eigenvalue weighted by atomic mass is 32.2. The van der Waals surface area contributed by atoms with Gasteiger partial charge in [0.05, 0.1) is 9.62 Å². The van der Waals surface area contributed by atoms with Crippen LogP contribution in [0.25, 0.3) is 0 Å². The van der Waals surface area contributed by atoms with Crippen LogP contribution in [0.2, 0.25) is 0 Å². The fourth-order valence-corrected chi connectivity index (χ4v) is 4.31. The maximum absolute atomic E-state index is 12.0. The number of hydrogen-bond donors (Lipinski definition) is 1. The van der Waals surface area contributed by atoms with E-state index in [1.807, 2.05) is 32.2 Å². The third-order valence-corrected chi connectivity index (χ3v) is 7.02. The van der Waals surface area contributed by atoms with Gasteiger partial charge in [-0.3, -0.25) is 4.79 Å². The van der Waals surface area contributed by atoms with Crippen molar-refractivity contribution in [1.82, 2.24) is 5.32 Å². The summed E-state index contributed by atoms with van der Waals surface area (Å²) >= 11 is 1.37. The van der Waals surface area contributed by atoms with Crippen LogP contribution in [0.3, 0.4) is 0 Å². The number of sulfone groups is 1. The first-order valence-electron chi connectivity index (χ1n) is 6.29. The summed E-state index contributed by atoms with van der Waals surface area (Å²) in [6, 6.07) is 1.88. The van der Waals surface area contributed by atoms with Crippen molar-refractivity contribution in [2.75, 3.05) is 12.8 Å². The van der Waals surface area contributed by atoms with Gasteiger partial charge in [-0.15, -0.1) is 11.3 Å². The summed E-state index contributed by atoms with van der Waals surface area (Å²) in [5, 5.41) is 4.62. The number of carbonyl (C=O) groups excluding carboxylic acids is 1. The number of aryl methyl sites for hydroxylation is 1. The van der Waals surface area contributed by atoms with Gasteiger partial charge in [0.25, 0.3) is 5.91 Å². The predicted molar refractivity (Wildman–Crippen MR) is 79.5 cm³/mol. The largest absolute Gasteiger partial charge is 0.350 e. The molecule has 0 fully saturated rings. The summed E-state index contributed by atoms with van der Waals surface area (Å²) in [5.74, 6) is -0.192. The van der Waals surface area contributed by atoms with Crippen molar-refractivity contribution in [3.63, 3.8) is 0 Å². The molecule has 0 aliphatic rings. The third kappa shape index (κ3) is 3.36. The Hall–Kier alpha value is -0.880. The van der Waals surface area contributed by atoms with E-state index in [-0.39, 0.29) is 12.5 Å². The van der Waals surface area contributed by atoms with Gasteiger partial charge in [-0.1, -0.05) is 13.8 Å². The molecular weight excluding hydrogens is 282 g/mol. The van der Waals surface area contributed by atoms with Crippen LogP contribution < -0.4 is 5.32 Å². The monoisotopic (exact) mass is 303 g/mol. The molecule has 0 aliphatic carbocycles. The molecule has 108 valence electrons. The Morgan fingerprint density at radius 1 is 1.37 bits per heavy atom. The normalized spacial score (nSPS) is 12.4. The van der Waals surface area contributed by atoms with Gasteiger partial charge < -0.3 is 5.32 Å². The van der Waals surface area contributed by atoms with Gasteiger partial charge in [-0.25, -0.2) is 8.42 Å². The molecular formula is C13H21NO3S2. The van der Waals surface area contributed by atoms with Gasteiger partial charge in [0, 0.05) is 12.8 Å². The minimum absolute atomic E-state index is 0.162. The summed E-state index contributed by atoms with van der Waals surface area (Å²) in [6.07, 6.45) is 2.22. The first-order chi connectivity index (χ1) is 8.77. The Labute approximate surface area is 119 Å². The molecule has 0 spiro atoms. The summed E-state index contributed by atoms with van der Waals surface area (Å²) in [5.41, 5.74) is 0.917. The van der Waals surface area contributed by atoms with Crippen LogP contribution in [-0.4, -0.2) is 31.9 Å². The average Bonchev–Trinajstić information content (AvgIpc) is 2.75. The topological polar surface area (TPSA) is 63.2 Å². The third-order valence-electron chi connectivity index (χ3n) is 3.71. The second-order valence-corrected chi connectivity index (χ2v) is 8.10. The molecule has 1 amide bonds. The Morgan fingerprint density at radius 3 is 2.32 bits per heavy atom. The molecule has 0 radical (unpaired) electrons. The summed E-state index contributed by atoms with van der Waals surface area (Å²) < 4.78 is 23.0. The molecule has 0 atom stereocenters. The number of hydrogen-bond acceptors (Lipinski definition) is 4. The van der Waals surface area contributed by atoms with E-state index in [0.717, 1.165) is 5.56 Å². The van der Waals surface area contributed by atoms with Crippen LogP contribution in [0.5, 0.6) is 0 Å². The lowest BCUT2D eigenvalue weighted by atomic mass is 10.0. The zero-order chi connectivity index (χ0) is 14.7. The Bertz CT molecular complexity index is 542. The van der Waals surface area contributed by atoms with Crippen LogP contribution in [0.4, 0.5) is 0 Å². The lowest BCUT2D eigenvalue weighted by Gasteiger charge is -2.29. The van der Waals surface area contributed by atoms with Crippen molar-refractivity contribution in [2.45, 2.75) is 38.4 Å². The quantitative estimate of drug-likeness (QED) is 0.877. The molecule has 0 unspecified atom stereocenters. The number of amides is 1. The van der Waals surface area contributed by atoms with Crippen molar-refractivity contribution >= 4 is 27.1 Å². The maximum Gasteiger partial charge on any atom is 0.261 e. The van der Waals surface area contributed by atoms with Crippen molar-refractivity contribution in [3.8, 4) is 0 Å². The van der Waals surface area contributed by atoms with E-state index in [2.05, 4.69) is 5.32 Å². The van der Waals surface area contributed by atoms with Gasteiger partial charge >= 0.3 is 0 Å². The average molecular weight is 303 g/mol. The molecule has 0 saturated heterocycles. The number of rotatable bonds is 6. The maximum atomic E-state index is 12.0. The zero-order valence-electron chi connectivity index (χ0n) is 11.8. The molecule has 1 aromatic heterocycles. The molecule has 0 aliphatic heterocycles. The fraction of sp³-hybridized carbons (Fsp3) is 0.615. The molecule has 1 heterocycles. The van der Waals surface area contributed by atoms with E-state index in [0.29, 0.717) is 17.7 Å².